The van der Waals surface area contributed by atoms with Gasteiger partial charge < -0.3 is 14.6 Å². The molecular formula is C43H41ClN6O6S. The van der Waals surface area contributed by atoms with Gasteiger partial charge in [-0.2, -0.15) is 0 Å². The molecule has 2 aromatic heterocycles. The van der Waals surface area contributed by atoms with Crippen molar-refractivity contribution in [3.63, 3.8) is 0 Å². The topological polar surface area (TPSA) is 151 Å². The first-order valence-electron chi connectivity index (χ1n) is 19.3. The lowest BCUT2D eigenvalue weighted by molar-refractivity contribution is -0.385. The molecule has 2 N–H and O–H groups in total. The lowest BCUT2D eigenvalue weighted by Crippen LogP contribution is -2.47. The first-order chi connectivity index (χ1) is 27.5. The molecule has 0 atom stereocenters. The van der Waals surface area contributed by atoms with E-state index in [2.05, 4.69) is 36.6 Å². The molecular weight excluding hydrogens is 764 g/mol. The van der Waals surface area contributed by atoms with Gasteiger partial charge in [-0.15, -0.1) is 0 Å². The van der Waals surface area contributed by atoms with Crippen molar-refractivity contribution in [3.8, 4) is 11.5 Å². The summed E-state index contributed by atoms with van der Waals surface area (Å²) in [6.45, 7) is 4.09. The Balaban J connectivity index is 0.956. The van der Waals surface area contributed by atoms with Crippen molar-refractivity contribution in [1.82, 2.24) is 19.6 Å². The van der Waals surface area contributed by atoms with Crippen LogP contribution in [0.4, 0.5) is 11.4 Å². The van der Waals surface area contributed by atoms with E-state index >= 15 is 0 Å². The van der Waals surface area contributed by atoms with Crippen molar-refractivity contribution in [2.24, 2.45) is 5.41 Å². The highest BCUT2D eigenvalue weighted by molar-refractivity contribution is 7.90. The summed E-state index contributed by atoms with van der Waals surface area (Å²) in [4.78, 5) is 36.9. The molecule has 0 unspecified atom stereocenters. The zero-order valence-electron chi connectivity index (χ0n) is 31.2. The third-order valence-corrected chi connectivity index (χ3v) is 13.7. The average molecular weight is 805 g/mol. The number of carbonyl (C=O) groups excluding carboxylic acids is 1. The molecule has 0 radical (unpaired) electrons. The Bertz CT molecular complexity index is 2590. The predicted molar refractivity (Wildman–Crippen MR) is 220 cm³/mol. The molecule has 1 saturated carbocycles. The van der Waals surface area contributed by atoms with Crippen molar-refractivity contribution in [2.45, 2.75) is 49.8 Å². The summed E-state index contributed by atoms with van der Waals surface area (Å²) in [5, 5.41) is 13.4. The summed E-state index contributed by atoms with van der Waals surface area (Å²) >= 11 is 6.26. The molecule has 4 aliphatic rings. The van der Waals surface area contributed by atoms with E-state index in [-0.39, 0.29) is 21.9 Å². The molecule has 5 aromatic rings. The average Bonchev–Trinajstić information content (AvgIpc) is 3.87. The van der Waals surface area contributed by atoms with E-state index in [1.807, 2.05) is 18.2 Å². The number of hydrogen-bond acceptors (Lipinski definition) is 9. The van der Waals surface area contributed by atoms with Crippen molar-refractivity contribution in [3.05, 3.63) is 128 Å². The summed E-state index contributed by atoms with van der Waals surface area (Å²) in [5.41, 5.74) is 6.75. The van der Waals surface area contributed by atoms with Crippen LogP contribution in [0.2, 0.25) is 5.02 Å². The number of H-pyrrole nitrogens is 1. The van der Waals surface area contributed by atoms with E-state index in [0.29, 0.717) is 34.4 Å². The number of rotatable bonds is 10. The van der Waals surface area contributed by atoms with Gasteiger partial charge >= 0.3 is 0 Å². The molecule has 3 aliphatic carbocycles. The van der Waals surface area contributed by atoms with Crippen molar-refractivity contribution in [2.75, 3.05) is 37.6 Å². The Labute approximate surface area is 335 Å². The number of halogens is 1. The fraction of sp³-hybridized carbons (Fsp3) is 0.302. The van der Waals surface area contributed by atoms with Crippen molar-refractivity contribution < 1.29 is 22.9 Å². The smallest absolute Gasteiger partial charge is 0.274 e. The maximum absolute atomic E-state index is 13.8. The molecule has 1 amide bonds. The number of allylic oxidation sites excluding steroid dienone is 2. The second-order valence-corrected chi connectivity index (χ2v) is 17.7. The molecule has 14 heteroatoms. The summed E-state index contributed by atoms with van der Waals surface area (Å²) in [6.07, 6.45) is 14.4. The fourth-order valence-electron chi connectivity index (χ4n) is 8.79. The SMILES string of the molecule is O=C(NS(=O)(=O)c1cc2c(c([N+](=O)[O-])c1)CC=C2)c1ccc(N2CCN(CC3=C(c4ccc(Cl)cc4)CC4(CCC4)CC3)CC2)cc1Oc1cnc2[nH]ccc2c1. The Kier molecular flexibility index (Phi) is 9.62. The number of hydrogen-bond donors (Lipinski definition) is 2. The fourth-order valence-corrected chi connectivity index (χ4v) is 9.93. The lowest BCUT2D eigenvalue weighted by Gasteiger charge is -2.47. The number of pyridine rings is 1. The zero-order chi connectivity index (χ0) is 39.3. The predicted octanol–water partition coefficient (Wildman–Crippen LogP) is 8.53. The Morgan fingerprint density at radius 1 is 1.02 bits per heavy atom. The molecule has 0 bridgehead atoms. The van der Waals surface area contributed by atoms with Crippen LogP contribution in [-0.2, 0) is 16.4 Å². The molecule has 3 heterocycles. The van der Waals surface area contributed by atoms with Gasteiger partial charge in [0.05, 0.1) is 21.6 Å². The van der Waals surface area contributed by atoms with E-state index in [0.717, 1.165) is 67.7 Å². The van der Waals surface area contributed by atoms with Gasteiger partial charge in [0.15, 0.2) is 0 Å². The largest absolute Gasteiger partial charge is 0.455 e. The van der Waals surface area contributed by atoms with Crippen LogP contribution in [0, 0.1) is 15.5 Å². The Morgan fingerprint density at radius 2 is 1.82 bits per heavy atom. The van der Waals surface area contributed by atoms with E-state index in [9.17, 15) is 23.3 Å². The van der Waals surface area contributed by atoms with Crippen LogP contribution in [0.3, 0.4) is 0 Å². The maximum Gasteiger partial charge on any atom is 0.274 e. The number of aromatic amines is 1. The molecule has 9 rings (SSSR count). The van der Waals surface area contributed by atoms with E-state index in [4.69, 9.17) is 16.3 Å². The number of carbonyl (C=O) groups is 1. The standard InChI is InChI=1S/C43H41ClN6O6S/c44-32-7-5-28(6-8-32)38-25-43(13-2-14-43)15-11-31(38)27-48-17-19-49(20-18-48)33-9-10-37(40(23-33)56-34-21-30-12-16-45-41(30)46-26-34)42(51)47-57(54,55)35-22-29-3-1-4-36(29)39(24-35)50(52)53/h1,3,5-10,12,16,21-24,26H,2,4,11,13-15,17-20,25,27H2,(H,45,46)(H,47,51). The number of nitrogens with one attached hydrogen (secondary N) is 2. The van der Waals surface area contributed by atoms with Gasteiger partial charge in [0, 0.05) is 72.7 Å². The van der Waals surface area contributed by atoms with Gasteiger partial charge in [0.2, 0.25) is 0 Å². The number of nitrogens with zero attached hydrogens (tertiary/aromatic N) is 4. The van der Waals surface area contributed by atoms with Gasteiger partial charge in [0.25, 0.3) is 21.6 Å². The van der Waals surface area contributed by atoms with Crippen LogP contribution in [-0.4, -0.2) is 66.8 Å². The quantitative estimate of drug-likeness (QED) is 0.105. The molecule has 1 spiro atoms. The van der Waals surface area contributed by atoms with Crippen molar-refractivity contribution in [1.29, 1.82) is 0 Å². The number of aromatic nitrogens is 2. The first-order valence-corrected chi connectivity index (χ1v) is 21.1. The molecule has 292 valence electrons. The number of piperazine rings is 1. The zero-order valence-corrected chi connectivity index (χ0v) is 32.7. The lowest BCUT2D eigenvalue weighted by atomic mass is 9.59. The second kappa shape index (κ2) is 14.8. The van der Waals surface area contributed by atoms with Crippen LogP contribution >= 0.6 is 11.6 Å². The maximum atomic E-state index is 13.8. The third kappa shape index (κ3) is 7.42. The summed E-state index contributed by atoms with van der Waals surface area (Å²) in [5.74, 6) is -0.424. The number of sulfonamides is 1. The number of nitro groups is 1. The molecule has 12 nitrogen and oxygen atoms in total. The van der Waals surface area contributed by atoms with Crippen LogP contribution < -0.4 is 14.4 Å². The Hall–Kier alpha value is -5.50. The number of fused-ring (bicyclic) bond motifs is 2. The first kappa shape index (κ1) is 37.1. The molecule has 57 heavy (non-hydrogen) atoms. The van der Waals surface area contributed by atoms with Gasteiger partial charge in [-0.1, -0.05) is 47.9 Å². The number of nitro benzene ring substituents is 1. The normalized spacial score (nSPS) is 17.8. The molecule has 1 saturated heterocycles. The van der Waals surface area contributed by atoms with Crippen LogP contribution in [0.5, 0.6) is 11.5 Å². The van der Waals surface area contributed by atoms with Gasteiger partial charge in [0.1, 0.15) is 17.1 Å². The number of anilines is 1. The third-order valence-electron chi connectivity index (χ3n) is 12.1. The van der Waals surface area contributed by atoms with Gasteiger partial charge in [-0.3, -0.25) is 19.8 Å². The van der Waals surface area contributed by atoms with E-state index in [1.165, 1.54) is 54.7 Å². The highest BCUT2D eigenvalue weighted by atomic mass is 35.5. The number of amides is 1. The van der Waals surface area contributed by atoms with Crippen molar-refractivity contribution >= 4 is 61.6 Å². The highest BCUT2D eigenvalue weighted by Gasteiger charge is 2.41. The minimum atomic E-state index is -4.51. The minimum Gasteiger partial charge on any atom is -0.455 e. The monoisotopic (exact) mass is 804 g/mol. The molecule has 1 aliphatic heterocycles. The molecule has 3 aromatic carbocycles. The van der Waals surface area contributed by atoms with Crippen LogP contribution in [0.15, 0.2) is 95.7 Å². The second-order valence-electron chi connectivity index (χ2n) is 15.6. The number of ether oxygens (including phenoxy) is 1. The summed E-state index contributed by atoms with van der Waals surface area (Å²) in [7, 11) is -4.51. The highest BCUT2D eigenvalue weighted by Crippen LogP contribution is 2.55. The van der Waals surface area contributed by atoms with Gasteiger partial charge in [-0.25, -0.2) is 18.1 Å². The number of benzene rings is 3. The minimum absolute atomic E-state index is 0.0196. The van der Waals surface area contributed by atoms with E-state index in [1.54, 1.807) is 42.6 Å². The summed E-state index contributed by atoms with van der Waals surface area (Å²) in [6, 6.07) is 19.4. The van der Waals surface area contributed by atoms with Gasteiger partial charge in [-0.05, 0) is 103 Å². The Morgan fingerprint density at radius 3 is 2.58 bits per heavy atom. The van der Waals surface area contributed by atoms with E-state index < -0.39 is 20.9 Å². The van der Waals surface area contributed by atoms with Crippen LogP contribution in [0.1, 0.15) is 65.6 Å². The summed E-state index contributed by atoms with van der Waals surface area (Å²) < 4.78 is 35.6. The van der Waals surface area contributed by atoms with Crippen LogP contribution in [0.25, 0.3) is 22.7 Å². The molecule has 2 fully saturated rings.